The molecule has 0 radical (unpaired) electrons. The Kier molecular flexibility index (Phi) is 13.6. The van der Waals surface area contributed by atoms with Gasteiger partial charge in [0.25, 0.3) is 11.7 Å². The molecule has 0 spiro atoms. The van der Waals surface area contributed by atoms with Crippen LogP contribution in [0.4, 0.5) is 0 Å². The summed E-state index contributed by atoms with van der Waals surface area (Å²) in [5.41, 5.74) is 0. The lowest BCUT2D eigenvalue weighted by Gasteiger charge is -2.43. The zero-order valence-electron chi connectivity index (χ0n) is 29.0. The second kappa shape index (κ2) is 17.0. The Morgan fingerprint density at radius 2 is 1.62 bits per heavy atom. The fraction of sp³-hybridized carbons (Fsp3) is 0.784. The Hall–Kier alpha value is -2.44. The van der Waals surface area contributed by atoms with Crippen molar-refractivity contribution in [2.24, 2.45) is 29.6 Å². The summed E-state index contributed by atoms with van der Waals surface area (Å²) in [4.78, 5) is 55.7. The van der Waals surface area contributed by atoms with E-state index in [-0.39, 0.29) is 30.1 Å². The topological polar surface area (TPSA) is 171 Å². The lowest BCUT2D eigenvalue weighted by molar-refractivity contribution is -0.268. The number of rotatable bonds is 3. The van der Waals surface area contributed by atoms with Crippen molar-refractivity contribution in [3.05, 3.63) is 24.3 Å². The molecule has 1 amide bonds. The molecule has 12 atom stereocenters. The predicted molar refractivity (Wildman–Crippen MR) is 177 cm³/mol. The number of hydrogen-bond acceptors (Lipinski definition) is 10. The molecule has 270 valence electrons. The number of aliphatic hydroxyl groups is 4. The maximum absolute atomic E-state index is 13.9. The summed E-state index contributed by atoms with van der Waals surface area (Å²) in [5, 5.41) is 42.6. The normalized spacial score (nSPS) is 41.8. The number of cyclic esters (lactones) is 1. The minimum absolute atomic E-state index is 0.147. The van der Waals surface area contributed by atoms with Gasteiger partial charge in [0.1, 0.15) is 18.2 Å². The third kappa shape index (κ3) is 9.01. The van der Waals surface area contributed by atoms with Gasteiger partial charge in [0.05, 0.1) is 18.3 Å². The molecule has 1 saturated carbocycles. The number of Topliss-reactive ketones (excluding diaryl/α,β-unsaturated/α-hetero) is 1. The quantitative estimate of drug-likeness (QED) is 0.198. The molecular weight excluding hydrogens is 618 g/mol. The summed E-state index contributed by atoms with van der Waals surface area (Å²) < 4.78 is 12.1. The van der Waals surface area contributed by atoms with E-state index in [0.29, 0.717) is 70.6 Å². The van der Waals surface area contributed by atoms with Crippen LogP contribution in [0.2, 0.25) is 0 Å². The molecule has 11 nitrogen and oxygen atoms in total. The number of ether oxygens (including phenoxy) is 2. The summed E-state index contributed by atoms with van der Waals surface area (Å²) in [6.07, 6.45) is 9.22. The minimum atomic E-state index is -2.43. The molecule has 4 rings (SSSR count). The zero-order chi connectivity index (χ0) is 35.2. The van der Waals surface area contributed by atoms with Crippen molar-refractivity contribution in [1.82, 2.24) is 4.90 Å². The van der Waals surface area contributed by atoms with Crippen LogP contribution >= 0.6 is 0 Å². The number of hydrogen-bond donors (Lipinski definition) is 4. The fourth-order valence-corrected chi connectivity index (χ4v) is 7.73. The summed E-state index contributed by atoms with van der Waals surface area (Å²) >= 11 is 0. The average molecular weight is 676 g/mol. The van der Waals surface area contributed by atoms with Gasteiger partial charge >= 0.3 is 5.97 Å². The van der Waals surface area contributed by atoms with E-state index >= 15 is 0 Å². The number of ketones is 2. The summed E-state index contributed by atoms with van der Waals surface area (Å²) in [5.74, 6) is -7.02. The highest BCUT2D eigenvalue weighted by atomic mass is 16.6. The number of allylic oxidation sites excluding steroid dienone is 4. The highest BCUT2D eigenvalue weighted by Crippen LogP contribution is 2.38. The Bertz CT molecular complexity index is 1200. The number of fused-ring (bicyclic) bond motifs is 3. The number of aliphatic hydroxyl groups excluding tert-OH is 3. The number of nitrogens with zero attached hydrogens (tertiary/aromatic N) is 1. The van der Waals surface area contributed by atoms with E-state index < -0.39 is 71.8 Å². The van der Waals surface area contributed by atoms with Gasteiger partial charge in [0, 0.05) is 18.4 Å². The van der Waals surface area contributed by atoms with Crippen LogP contribution < -0.4 is 0 Å². The minimum Gasteiger partial charge on any atom is -0.461 e. The van der Waals surface area contributed by atoms with E-state index in [2.05, 4.69) is 19.1 Å². The van der Waals surface area contributed by atoms with E-state index in [9.17, 15) is 39.6 Å². The largest absolute Gasteiger partial charge is 0.461 e. The summed E-state index contributed by atoms with van der Waals surface area (Å²) in [7, 11) is 0. The van der Waals surface area contributed by atoms with Gasteiger partial charge < -0.3 is 34.8 Å². The van der Waals surface area contributed by atoms with Crippen molar-refractivity contribution in [1.29, 1.82) is 0 Å². The molecule has 3 fully saturated rings. The molecule has 48 heavy (non-hydrogen) atoms. The molecule has 0 aromatic rings. The highest BCUT2D eigenvalue weighted by Gasteiger charge is 2.53. The third-order valence-corrected chi connectivity index (χ3v) is 11.2. The molecule has 3 aliphatic heterocycles. The van der Waals surface area contributed by atoms with Crippen molar-refractivity contribution in [3.63, 3.8) is 0 Å². The van der Waals surface area contributed by atoms with Crippen molar-refractivity contribution >= 4 is 23.4 Å². The molecular formula is C37H57NO10. The van der Waals surface area contributed by atoms with E-state index in [0.717, 1.165) is 6.42 Å². The fourth-order valence-electron chi connectivity index (χ4n) is 7.73. The number of piperidine rings is 1. The molecule has 4 N–H and O–H groups in total. The number of carbonyl (C=O) groups excluding carboxylic acids is 4. The van der Waals surface area contributed by atoms with Crippen LogP contribution in [0.25, 0.3) is 0 Å². The lowest BCUT2D eigenvalue weighted by atomic mass is 9.76. The first-order chi connectivity index (χ1) is 22.7. The molecule has 3 heterocycles. The predicted octanol–water partition coefficient (Wildman–Crippen LogP) is 3.40. The standard InChI is InChI=1S/C37H57NO10/c1-22-11-7-5-6-8-13-28(39)25(4)31-19-15-24(3)37(46,48-31)34(43)35(44)38-20-10-9-12-27(38)36(45)47-30(18-14-22)23(2)21-26-16-17-29(40)33(42)32(26)41/h7-8,11,13,22-27,29-33,40-42,46H,5-6,9-10,12,14-21H2,1-4H3/b11-7+,13-8+/t22-,23+,24-,25+,26+,27+,29-,30+,31+,32+,33+,37-/m1/s1. The smallest absolute Gasteiger partial charge is 0.329 e. The Morgan fingerprint density at radius 1 is 0.896 bits per heavy atom. The van der Waals surface area contributed by atoms with Crippen molar-refractivity contribution < 1.29 is 49.1 Å². The number of amides is 1. The molecule has 0 aromatic carbocycles. The van der Waals surface area contributed by atoms with E-state index in [1.165, 1.54) is 11.0 Å². The second-order valence-corrected chi connectivity index (χ2v) is 14.9. The number of esters is 1. The van der Waals surface area contributed by atoms with Gasteiger partial charge in [0.15, 0.2) is 5.78 Å². The zero-order valence-corrected chi connectivity index (χ0v) is 29.0. The van der Waals surface area contributed by atoms with Gasteiger partial charge in [-0.05, 0) is 101 Å². The third-order valence-electron chi connectivity index (χ3n) is 11.2. The van der Waals surface area contributed by atoms with Crippen LogP contribution in [0.1, 0.15) is 105 Å². The summed E-state index contributed by atoms with van der Waals surface area (Å²) in [6.45, 7) is 7.51. The van der Waals surface area contributed by atoms with Crippen LogP contribution in [0, 0.1) is 29.6 Å². The summed E-state index contributed by atoms with van der Waals surface area (Å²) in [6, 6.07) is -1.02. The van der Waals surface area contributed by atoms with Gasteiger partial charge in [-0.15, -0.1) is 0 Å². The average Bonchev–Trinajstić information content (AvgIpc) is 3.07. The molecule has 0 aromatic heterocycles. The van der Waals surface area contributed by atoms with E-state index in [1.807, 2.05) is 13.0 Å². The second-order valence-electron chi connectivity index (χ2n) is 14.9. The highest BCUT2D eigenvalue weighted by molar-refractivity contribution is 6.39. The van der Waals surface area contributed by atoms with Gasteiger partial charge in [-0.25, -0.2) is 4.79 Å². The first kappa shape index (κ1) is 38.4. The molecule has 2 saturated heterocycles. The first-order valence-electron chi connectivity index (χ1n) is 18.1. The monoisotopic (exact) mass is 675 g/mol. The van der Waals surface area contributed by atoms with Crippen LogP contribution in [0.3, 0.4) is 0 Å². The molecule has 11 heteroatoms. The SMILES string of the molecule is C[C@@H]1/C=C/CC/C=C/C(=O)[C@H](C)[C@@H]2CC[C@@H](C)[C@@](O)(O2)C(=O)C(=O)N2CCCC[C@H]2C(=O)O[C@H]([C@@H](C)C[C@@H]2CC[C@@H](O)[C@H](O)[C@H]2O)CC1. The van der Waals surface area contributed by atoms with Crippen LogP contribution in [0.5, 0.6) is 0 Å². The van der Waals surface area contributed by atoms with E-state index in [4.69, 9.17) is 9.47 Å². The maximum atomic E-state index is 13.9. The van der Waals surface area contributed by atoms with Gasteiger partial charge in [-0.3, -0.25) is 14.4 Å². The van der Waals surface area contributed by atoms with Gasteiger partial charge in [-0.1, -0.05) is 45.9 Å². The van der Waals surface area contributed by atoms with Crippen molar-refractivity contribution in [2.45, 2.75) is 147 Å². The van der Waals surface area contributed by atoms with Crippen molar-refractivity contribution in [2.75, 3.05) is 6.54 Å². The molecule has 4 aliphatic rings. The Balaban J connectivity index is 1.60. The Labute approximate surface area is 284 Å². The first-order valence-corrected chi connectivity index (χ1v) is 18.1. The molecule has 0 unspecified atom stereocenters. The number of carbonyl (C=O) groups is 4. The van der Waals surface area contributed by atoms with Gasteiger partial charge in [-0.2, -0.15) is 0 Å². The van der Waals surface area contributed by atoms with Crippen LogP contribution in [-0.4, -0.2) is 97.7 Å². The molecule has 2 bridgehead atoms. The Morgan fingerprint density at radius 3 is 2.38 bits per heavy atom. The van der Waals surface area contributed by atoms with Crippen molar-refractivity contribution in [3.8, 4) is 0 Å². The maximum Gasteiger partial charge on any atom is 0.329 e. The van der Waals surface area contributed by atoms with Gasteiger partial charge in [0.2, 0.25) is 5.79 Å². The van der Waals surface area contributed by atoms with E-state index in [1.54, 1.807) is 13.8 Å². The lowest BCUT2D eigenvalue weighted by Crippen LogP contribution is -2.61. The van der Waals surface area contributed by atoms with Crippen LogP contribution in [0.15, 0.2) is 24.3 Å². The van der Waals surface area contributed by atoms with Crippen LogP contribution in [-0.2, 0) is 28.7 Å². The molecule has 1 aliphatic carbocycles.